The van der Waals surface area contributed by atoms with Gasteiger partial charge in [-0.25, -0.2) is 5.43 Å². The normalized spacial score (nSPS) is 24.0. The number of unbranched alkanes of at least 4 members (excludes halogenated alkanes) is 4. The van der Waals surface area contributed by atoms with Crippen LogP contribution in [0.15, 0.2) is 24.3 Å². The summed E-state index contributed by atoms with van der Waals surface area (Å²) in [4.78, 5) is 0. The van der Waals surface area contributed by atoms with Crippen molar-refractivity contribution in [3.63, 3.8) is 0 Å². The molecule has 3 atom stereocenters. The smallest absolute Gasteiger partial charge is 0.119 e. The van der Waals surface area contributed by atoms with E-state index in [-0.39, 0.29) is 0 Å². The van der Waals surface area contributed by atoms with E-state index in [0.29, 0.717) is 18.0 Å². The molecule has 0 spiro atoms. The van der Waals surface area contributed by atoms with Gasteiger partial charge in [-0.1, -0.05) is 44.7 Å². The molecule has 1 aliphatic rings. The fourth-order valence-electron chi connectivity index (χ4n) is 3.25. The molecule has 1 heterocycles. The van der Waals surface area contributed by atoms with E-state index in [1.807, 2.05) is 7.05 Å². The van der Waals surface area contributed by atoms with Crippen LogP contribution in [0.25, 0.3) is 0 Å². The first-order valence-electron chi connectivity index (χ1n) is 9.14. The molecule has 1 saturated heterocycles. The van der Waals surface area contributed by atoms with E-state index in [9.17, 15) is 0 Å². The van der Waals surface area contributed by atoms with Gasteiger partial charge in [0.05, 0.1) is 12.6 Å². The molecule has 3 N–H and O–H groups in total. The minimum atomic E-state index is 0.348. The first kappa shape index (κ1) is 18.2. The SMILES string of the molecule is CCCCCCCOc1ccc(C2NNC(C)C2CNC)cc1. The quantitative estimate of drug-likeness (QED) is 0.578. The van der Waals surface area contributed by atoms with Crippen LogP contribution in [0.1, 0.15) is 57.6 Å². The van der Waals surface area contributed by atoms with Gasteiger partial charge in [0.25, 0.3) is 0 Å². The van der Waals surface area contributed by atoms with Crippen molar-refractivity contribution in [2.45, 2.75) is 58.0 Å². The number of benzene rings is 1. The maximum Gasteiger partial charge on any atom is 0.119 e. The first-order chi connectivity index (χ1) is 11.3. The Hall–Kier alpha value is -1.10. The highest BCUT2D eigenvalue weighted by Gasteiger charge is 2.33. The van der Waals surface area contributed by atoms with Crippen LogP contribution in [0.5, 0.6) is 5.75 Å². The Morgan fingerprint density at radius 3 is 2.48 bits per heavy atom. The molecule has 23 heavy (non-hydrogen) atoms. The molecule has 1 aromatic carbocycles. The van der Waals surface area contributed by atoms with Gasteiger partial charge in [-0.3, -0.25) is 5.43 Å². The molecule has 0 aromatic heterocycles. The lowest BCUT2D eigenvalue weighted by Crippen LogP contribution is -2.31. The molecule has 3 unspecified atom stereocenters. The van der Waals surface area contributed by atoms with Gasteiger partial charge in [0, 0.05) is 18.5 Å². The van der Waals surface area contributed by atoms with Crippen molar-refractivity contribution in [1.29, 1.82) is 0 Å². The molecule has 0 amide bonds. The summed E-state index contributed by atoms with van der Waals surface area (Å²) in [5.74, 6) is 1.53. The maximum atomic E-state index is 5.85. The molecule has 2 rings (SSSR count). The second-order valence-corrected chi connectivity index (χ2v) is 6.61. The third-order valence-corrected chi connectivity index (χ3v) is 4.73. The van der Waals surface area contributed by atoms with E-state index in [1.165, 1.54) is 31.2 Å². The van der Waals surface area contributed by atoms with Gasteiger partial charge in [-0.2, -0.15) is 0 Å². The maximum absolute atomic E-state index is 5.85. The molecule has 1 fully saturated rings. The third kappa shape index (κ3) is 5.48. The summed E-state index contributed by atoms with van der Waals surface area (Å²) in [6, 6.07) is 9.39. The minimum Gasteiger partial charge on any atom is -0.494 e. The molecule has 0 saturated carbocycles. The highest BCUT2D eigenvalue weighted by atomic mass is 16.5. The standard InChI is InChI=1S/C19H33N3O/c1-4-5-6-7-8-13-23-17-11-9-16(10-12-17)19-18(14-20-3)15(2)21-22-19/h9-12,15,18-22H,4-8,13-14H2,1-3H3. The molecule has 4 heteroatoms. The number of rotatable bonds is 10. The van der Waals surface area contributed by atoms with Crippen molar-refractivity contribution in [3.05, 3.63) is 29.8 Å². The number of hydrazine groups is 1. The average molecular weight is 319 g/mol. The Morgan fingerprint density at radius 2 is 1.78 bits per heavy atom. The Kier molecular flexibility index (Phi) is 7.86. The second-order valence-electron chi connectivity index (χ2n) is 6.61. The number of hydrogen-bond donors (Lipinski definition) is 3. The Labute approximate surface area is 141 Å². The molecule has 130 valence electrons. The van der Waals surface area contributed by atoms with E-state index in [0.717, 1.165) is 25.3 Å². The summed E-state index contributed by atoms with van der Waals surface area (Å²) >= 11 is 0. The van der Waals surface area contributed by atoms with E-state index >= 15 is 0 Å². The van der Waals surface area contributed by atoms with Gasteiger partial charge >= 0.3 is 0 Å². The van der Waals surface area contributed by atoms with Crippen molar-refractivity contribution < 1.29 is 4.74 Å². The van der Waals surface area contributed by atoms with E-state index in [1.54, 1.807) is 0 Å². The van der Waals surface area contributed by atoms with Crippen molar-refractivity contribution in [1.82, 2.24) is 16.2 Å². The fraction of sp³-hybridized carbons (Fsp3) is 0.684. The summed E-state index contributed by atoms with van der Waals surface area (Å²) in [6.07, 6.45) is 6.37. The van der Waals surface area contributed by atoms with Crippen LogP contribution < -0.4 is 20.9 Å². The van der Waals surface area contributed by atoms with Crippen LogP contribution in [0.4, 0.5) is 0 Å². The van der Waals surface area contributed by atoms with Crippen LogP contribution in [0, 0.1) is 5.92 Å². The molecule has 0 bridgehead atoms. The van der Waals surface area contributed by atoms with Crippen LogP contribution in [-0.2, 0) is 0 Å². The Balaban J connectivity index is 1.80. The van der Waals surface area contributed by atoms with E-state index < -0.39 is 0 Å². The summed E-state index contributed by atoms with van der Waals surface area (Å²) in [5.41, 5.74) is 8.09. The third-order valence-electron chi connectivity index (χ3n) is 4.73. The second kappa shape index (κ2) is 9.91. The van der Waals surface area contributed by atoms with Crippen LogP contribution >= 0.6 is 0 Å². The number of nitrogens with one attached hydrogen (secondary N) is 3. The Morgan fingerprint density at radius 1 is 1.04 bits per heavy atom. The molecule has 4 nitrogen and oxygen atoms in total. The minimum absolute atomic E-state index is 0.348. The van der Waals surface area contributed by atoms with Crippen LogP contribution in [-0.4, -0.2) is 26.2 Å². The van der Waals surface area contributed by atoms with Crippen molar-refractivity contribution in [3.8, 4) is 5.75 Å². The van der Waals surface area contributed by atoms with Gasteiger partial charge in [0.2, 0.25) is 0 Å². The zero-order valence-corrected chi connectivity index (χ0v) is 14.9. The van der Waals surface area contributed by atoms with Gasteiger partial charge in [-0.15, -0.1) is 0 Å². The Bertz CT molecular complexity index is 435. The molecule has 0 radical (unpaired) electrons. The number of ether oxygens (including phenoxy) is 1. The van der Waals surface area contributed by atoms with Gasteiger partial charge in [0.1, 0.15) is 5.75 Å². The summed E-state index contributed by atoms with van der Waals surface area (Å²) in [7, 11) is 2.01. The van der Waals surface area contributed by atoms with Crippen LogP contribution in [0.2, 0.25) is 0 Å². The molecule has 1 aromatic rings. The van der Waals surface area contributed by atoms with Crippen molar-refractivity contribution in [2.75, 3.05) is 20.2 Å². The largest absolute Gasteiger partial charge is 0.494 e. The highest BCUT2D eigenvalue weighted by molar-refractivity contribution is 5.30. The van der Waals surface area contributed by atoms with Gasteiger partial charge < -0.3 is 10.1 Å². The topological polar surface area (TPSA) is 45.3 Å². The molecular weight excluding hydrogens is 286 g/mol. The van der Waals surface area contributed by atoms with Gasteiger partial charge in [-0.05, 0) is 38.1 Å². The summed E-state index contributed by atoms with van der Waals surface area (Å²) in [6.45, 7) is 6.30. The number of hydrogen-bond acceptors (Lipinski definition) is 4. The molecule has 1 aliphatic heterocycles. The van der Waals surface area contributed by atoms with Crippen molar-refractivity contribution >= 4 is 0 Å². The lowest BCUT2D eigenvalue weighted by atomic mass is 9.90. The predicted molar refractivity (Wildman–Crippen MR) is 96.6 cm³/mol. The van der Waals surface area contributed by atoms with Crippen molar-refractivity contribution in [2.24, 2.45) is 5.92 Å². The highest BCUT2D eigenvalue weighted by Crippen LogP contribution is 2.29. The summed E-state index contributed by atoms with van der Waals surface area (Å²) < 4.78 is 5.85. The zero-order valence-electron chi connectivity index (χ0n) is 14.9. The lowest BCUT2D eigenvalue weighted by Gasteiger charge is -2.21. The van der Waals surface area contributed by atoms with E-state index in [2.05, 4.69) is 54.3 Å². The van der Waals surface area contributed by atoms with Crippen LogP contribution in [0.3, 0.4) is 0 Å². The lowest BCUT2D eigenvalue weighted by molar-refractivity contribution is 0.304. The zero-order chi connectivity index (χ0) is 16.5. The van der Waals surface area contributed by atoms with E-state index in [4.69, 9.17) is 4.74 Å². The monoisotopic (exact) mass is 319 g/mol. The first-order valence-corrected chi connectivity index (χ1v) is 9.14. The fourth-order valence-corrected chi connectivity index (χ4v) is 3.25. The van der Waals surface area contributed by atoms with Gasteiger partial charge in [0.15, 0.2) is 0 Å². The average Bonchev–Trinajstić information content (AvgIpc) is 2.93. The molecule has 0 aliphatic carbocycles. The predicted octanol–water partition coefficient (Wildman–Crippen LogP) is 3.41. The summed E-state index contributed by atoms with van der Waals surface area (Å²) in [5, 5.41) is 3.30. The molecular formula is C19H33N3O.